The first kappa shape index (κ1) is 19.7. The van der Waals surface area contributed by atoms with Crippen LogP contribution in [0.4, 0.5) is 0 Å². The van der Waals surface area contributed by atoms with Gasteiger partial charge >= 0.3 is 5.97 Å². The topological polar surface area (TPSA) is 74.6 Å². The number of hydrogen-bond donors (Lipinski definition) is 2. The first-order chi connectivity index (χ1) is 9.96. The number of aliphatic carboxylic acids is 1. The van der Waals surface area contributed by atoms with Crippen molar-refractivity contribution in [1.29, 1.82) is 0 Å². The molecule has 0 aromatic carbocycles. The second-order valence-electron chi connectivity index (χ2n) is 5.31. The second-order valence-corrected chi connectivity index (χ2v) is 5.31. The van der Waals surface area contributed by atoms with Crippen LogP contribution in [0.2, 0.25) is 0 Å². The molecule has 0 bridgehead atoms. The highest BCUT2D eigenvalue weighted by Crippen LogP contribution is 2.13. The van der Waals surface area contributed by atoms with E-state index < -0.39 is 11.6 Å². The number of hydrogen-bond acceptors (Lipinski definition) is 3. The van der Waals surface area contributed by atoms with Crippen molar-refractivity contribution >= 4 is 11.8 Å². The molecule has 0 aliphatic rings. The Kier molecular flexibility index (Phi) is 10.6. The van der Waals surface area contributed by atoms with Crippen molar-refractivity contribution in [1.82, 2.24) is 0 Å². The number of aliphatic hydroxyl groups is 1. The number of unbranched alkanes of at least 4 members (excludes halogenated alkanes) is 6. The van der Waals surface area contributed by atoms with Crippen LogP contribution < -0.4 is 0 Å². The Bertz CT molecular complexity index is 378. The van der Waals surface area contributed by atoms with Gasteiger partial charge in [0.15, 0.2) is 11.4 Å². The lowest BCUT2D eigenvalue weighted by Gasteiger charge is -2.17. The molecule has 2 N–H and O–H groups in total. The molecule has 0 fully saturated rings. The number of carboxylic acids is 1. The Hall–Kier alpha value is -1.34. The summed E-state index contributed by atoms with van der Waals surface area (Å²) in [5, 5.41) is 18.6. The maximum atomic E-state index is 11.6. The Morgan fingerprint density at radius 2 is 1.57 bits per heavy atom. The van der Waals surface area contributed by atoms with Gasteiger partial charge in [-0.3, -0.25) is 9.59 Å². The van der Waals surface area contributed by atoms with E-state index in [9.17, 15) is 14.7 Å². The van der Waals surface area contributed by atoms with Crippen LogP contribution in [0.25, 0.3) is 0 Å². The van der Waals surface area contributed by atoms with E-state index >= 15 is 0 Å². The lowest BCUT2D eigenvalue weighted by Crippen LogP contribution is -2.35. The van der Waals surface area contributed by atoms with Crippen molar-refractivity contribution in [2.45, 2.75) is 83.7 Å². The van der Waals surface area contributed by atoms with Gasteiger partial charge in [0.1, 0.15) is 0 Å². The van der Waals surface area contributed by atoms with Crippen LogP contribution in [0.15, 0.2) is 0 Å². The third-order valence-electron chi connectivity index (χ3n) is 3.53. The summed E-state index contributed by atoms with van der Waals surface area (Å²) in [4.78, 5) is 21.9. The zero-order chi connectivity index (χ0) is 16.1. The summed E-state index contributed by atoms with van der Waals surface area (Å²) < 4.78 is 0. The van der Waals surface area contributed by atoms with E-state index in [0.717, 1.165) is 38.5 Å². The average Bonchev–Trinajstić information content (AvgIpc) is 2.47. The van der Waals surface area contributed by atoms with Crippen LogP contribution in [0.5, 0.6) is 0 Å². The molecule has 0 radical (unpaired) electrons. The van der Waals surface area contributed by atoms with E-state index in [1.165, 1.54) is 0 Å². The third kappa shape index (κ3) is 9.25. The molecule has 0 amide bonds. The normalized spacial score (nSPS) is 13.1. The third-order valence-corrected chi connectivity index (χ3v) is 3.53. The number of carbonyl (C=O) groups excluding carboxylic acids is 1. The maximum absolute atomic E-state index is 11.6. The molecule has 0 saturated carbocycles. The van der Waals surface area contributed by atoms with E-state index in [-0.39, 0.29) is 12.2 Å². The second kappa shape index (κ2) is 11.3. The van der Waals surface area contributed by atoms with Gasteiger partial charge in [0, 0.05) is 19.3 Å². The van der Waals surface area contributed by atoms with Crippen molar-refractivity contribution in [3.63, 3.8) is 0 Å². The predicted octanol–water partition coefficient (Wildman–Crippen LogP) is 3.32. The summed E-state index contributed by atoms with van der Waals surface area (Å²) in [6.07, 6.45) is 7.41. The van der Waals surface area contributed by atoms with Gasteiger partial charge in [-0.05, 0) is 19.3 Å². The Balaban J connectivity index is 3.74. The molecule has 0 aliphatic heterocycles. The van der Waals surface area contributed by atoms with Gasteiger partial charge in [0.25, 0.3) is 0 Å². The molecule has 0 spiro atoms. The average molecular weight is 296 g/mol. The zero-order valence-electron chi connectivity index (χ0n) is 13.3. The summed E-state index contributed by atoms with van der Waals surface area (Å²) in [7, 11) is 0. The highest BCUT2D eigenvalue weighted by Gasteiger charge is 2.29. The Morgan fingerprint density at radius 3 is 2.10 bits per heavy atom. The van der Waals surface area contributed by atoms with E-state index in [2.05, 4.69) is 11.8 Å². The van der Waals surface area contributed by atoms with Gasteiger partial charge in [-0.15, -0.1) is 0 Å². The van der Waals surface area contributed by atoms with Crippen molar-refractivity contribution in [3.05, 3.63) is 0 Å². The molecule has 0 rings (SSSR count). The molecule has 0 saturated heterocycles. The number of Topliss-reactive ketones (excluding diaryl/α,β-unsaturated/α-hetero) is 1. The molecule has 4 nitrogen and oxygen atoms in total. The first-order valence-corrected chi connectivity index (χ1v) is 7.93. The van der Waals surface area contributed by atoms with Crippen molar-refractivity contribution in [2.24, 2.45) is 0 Å². The Labute approximate surface area is 127 Å². The largest absolute Gasteiger partial charge is 0.481 e. The molecular weight excluding hydrogens is 268 g/mol. The monoisotopic (exact) mass is 296 g/mol. The molecule has 0 heterocycles. The smallest absolute Gasteiger partial charge is 0.303 e. The van der Waals surface area contributed by atoms with Gasteiger partial charge in [0.05, 0.1) is 0 Å². The van der Waals surface area contributed by atoms with Crippen LogP contribution >= 0.6 is 0 Å². The number of carboxylic acid groups (broad SMARTS) is 1. The van der Waals surface area contributed by atoms with Crippen molar-refractivity contribution in [3.8, 4) is 11.8 Å². The van der Waals surface area contributed by atoms with Crippen LogP contribution in [-0.2, 0) is 9.59 Å². The molecule has 4 heteroatoms. The summed E-state index contributed by atoms with van der Waals surface area (Å²) in [6, 6.07) is 0. The molecule has 120 valence electrons. The SMILES string of the molecule is CCC(=O)C(O)(C#CCCCCCCCCC(=O)O)CC. The van der Waals surface area contributed by atoms with Crippen molar-refractivity contribution in [2.75, 3.05) is 0 Å². The highest BCUT2D eigenvalue weighted by atomic mass is 16.4. The number of carbonyl (C=O) groups is 2. The quantitative estimate of drug-likeness (QED) is 0.453. The van der Waals surface area contributed by atoms with E-state index in [1.807, 2.05) is 0 Å². The van der Waals surface area contributed by atoms with Gasteiger partial charge in [-0.1, -0.05) is 51.4 Å². The zero-order valence-corrected chi connectivity index (χ0v) is 13.3. The minimum absolute atomic E-state index is 0.212. The number of ketones is 1. The fraction of sp³-hybridized carbons (Fsp3) is 0.765. The Morgan fingerprint density at radius 1 is 1.00 bits per heavy atom. The lowest BCUT2D eigenvalue weighted by atomic mass is 9.94. The van der Waals surface area contributed by atoms with Crippen molar-refractivity contribution < 1.29 is 19.8 Å². The molecule has 1 atom stereocenters. The summed E-state index contributed by atoms with van der Waals surface area (Å²) in [5.74, 6) is 4.68. The van der Waals surface area contributed by atoms with Gasteiger partial charge < -0.3 is 10.2 Å². The molecule has 0 aliphatic carbocycles. The molecular formula is C17H28O4. The van der Waals surface area contributed by atoms with Gasteiger partial charge in [-0.2, -0.15) is 0 Å². The highest BCUT2D eigenvalue weighted by molar-refractivity contribution is 5.90. The van der Waals surface area contributed by atoms with Gasteiger partial charge in [0.2, 0.25) is 0 Å². The standard InChI is InChI=1S/C17H28O4/c1-3-15(18)17(21,4-2)14-12-10-8-6-5-7-9-11-13-16(19)20/h21H,3-11,13H2,1-2H3,(H,19,20). The van der Waals surface area contributed by atoms with E-state index in [0.29, 0.717) is 19.3 Å². The molecule has 0 aromatic heterocycles. The summed E-state index contributed by atoms with van der Waals surface area (Å²) in [6.45, 7) is 3.49. The minimum atomic E-state index is -1.47. The maximum Gasteiger partial charge on any atom is 0.303 e. The summed E-state index contributed by atoms with van der Waals surface area (Å²) in [5.41, 5.74) is -1.47. The summed E-state index contributed by atoms with van der Waals surface area (Å²) >= 11 is 0. The predicted molar refractivity (Wildman–Crippen MR) is 82.9 cm³/mol. The molecule has 1 unspecified atom stereocenters. The molecule has 0 aromatic rings. The fourth-order valence-electron chi connectivity index (χ4n) is 2.05. The fourth-order valence-corrected chi connectivity index (χ4v) is 2.05. The van der Waals surface area contributed by atoms with Crippen LogP contribution in [-0.4, -0.2) is 27.6 Å². The van der Waals surface area contributed by atoms with Gasteiger partial charge in [-0.25, -0.2) is 0 Å². The lowest BCUT2D eigenvalue weighted by molar-refractivity contribution is -0.137. The van der Waals surface area contributed by atoms with Crippen LogP contribution in [0.3, 0.4) is 0 Å². The van der Waals surface area contributed by atoms with Crippen LogP contribution in [0.1, 0.15) is 78.1 Å². The molecule has 21 heavy (non-hydrogen) atoms. The van der Waals surface area contributed by atoms with E-state index in [1.54, 1.807) is 13.8 Å². The minimum Gasteiger partial charge on any atom is -0.481 e. The van der Waals surface area contributed by atoms with E-state index in [4.69, 9.17) is 5.11 Å². The first-order valence-electron chi connectivity index (χ1n) is 7.93. The number of rotatable bonds is 11. The van der Waals surface area contributed by atoms with Crippen LogP contribution in [0, 0.1) is 11.8 Å².